The van der Waals surface area contributed by atoms with Gasteiger partial charge in [0.05, 0.1) is 6.04 Å². The predicted octanol–water partition coefficient (Wildman–Crippen LogP) is 5.42. The molecule has 0 bridgehead atoms. The van der Waals surface area contributed by atoms with E-state index < -0.39 is 0 Å². The van der Waals surface area contributed by atoms with Crippen molar-refractivity contribution in [2.24, 2.45) is 0 Å². The number of nitrogens with zero attached hydrogens (tertiary/aromatic N) is 4. The summed E-state index contributed by atoms with van der Waals surface area (Å²) >= 11 is 0. The number of carbonyl (C=O) groups is 1. The minimum Gasteiger partial charge on any atom is -0.332 e. The lowest BCUT2D eigenvalue weighted by molar-refractivity contribution is 0.0747. The normalized spacial score (nSPS) is 15.5. The lowest BCUT2D eigenvalue weighted by atomic mass is 10.1. The first-order valence-electron chi connectivity index (χ1n) is 11.4. The Kier molecular flexibility index (Phi) is 6.17. The molecule has 0 spiro atoms. The Labute approximate surface area is 200 Å². The standard InChI is InChI=1S/C29H26N4O/c1-2-24-21-32(20-23-14-8-4-9-15-23)29(34)26-19-30-27(18-22-12-6-3-7-13-22)31-28(26)33(24)25-16-10-5-11-17-25/h2-17,19,24H,1,18,20-21H2/t24-/m1/s1. The van der Waals surface area contributed by atoms with Gasteiger partial charge < -0.3 is 9.80 Å². The average Bonchev–Trinajstić information content (AvgIpc) is 3.00. The number of anilines is 2. The van der Waals surface area contributed by atoms with Crippen molar-refractivity contribution < 1.29 is 4.79 Å². The summed E-state index contributed by atoms with van der Waals surface area (Å²) in [5.41, 5.74) is 3.67. The maximum atomic E-state index is 13.7. The molecular weight excluding hydrogens is 420 g/mol. The number of benzene rings is 3. The van der Waals surface area contributed by atoms with Crippen LogP contribution in [0.1, 0.15) is 27.3 Å². The minimum absolute atomic E-state index is 0.0737. The molecule has 0 saturated heterocycles. The molecule has 4 aromatic rings. The van der Waals surface area contributed by atoms with Gasteiger partial charge in [0.1, 0.15) is 17.2 Å². The zero-order chi connectivity index (χ0) is 23.3. The Balaban J connectivity index is 1.60. The molecule has 0 unspecified atom stereocenters. The van der Waals surface area contributed by atoms with E-state index in [1.54, 1.807) is 6.20 Å². The Morgan fingerprint density at radius 1 is 0.882 bits per heavy atom. The van der Waals surface area contributed by atoms with Gasteiger partial charge >= 0.3 is 0 Å². The highest BCUT2D eigenvalue weighted by Crippen LogP contribution is 2.34. The third-order valence-electron chi connectivity index (χ3n) is 6.03. The fraction of sp³-hybridized carbons (Fsp3) is 0.138. The van der Waals surface area contributed by atoms with Crippen LogP contribution in [0.4, 0.5) is 11.5 Å². The topological polar surface area (TPSA) is 49.3 Å². The van der Waals surface area contributed by atoms with Crippen LogP contribution in [0, 0.1) is 0 Å². The molecule has 0 saturated carbocycles. The van der Waals surface area contributed by atoms with Crippen LogP contribution < -0.4 is 4.90 Å². The smallest absolute Gasteiger partial charge is 0.259 e. The highest BCUT2D eigenvalue weighted by molar-refractivity contribution is 6.00. The highest BCUT2D eigenvalue weighted by atomic mass is 16.2. The number of rotatable bonds is 6. The fourth-order valence-corrected chi connectivity index (χ4v) is 4.35. The van der Waals surface area contributed by atoms with Gasteiger partial charge in [-0.2, -0.15) is 0 Å². The summed E-state index contributed by atoms with van der Waals surface area (Å²) in [5, 5.41) is 0. The summed E-state index contributed by atoms with van der Waals surface area (Å²) in [6.07, 6.45) is 4.17. The molecule has 5 heteroatoms. The number of hydrogen-bond donors (Lipinski definition) is 0. The zero-order valence-corrected chi connectivity index (χ0v) is 18.9. The molecule has 1 aliphatic rings. The van der Waals surface area contributed by atoms with Crippen molar-refractivity contribution in [2.45, 2.75) is 19.0 Å². The van der Waals surface area contributed by atoms with Crippen molar-refractivity contribution in [3.05, 3.63) is 132 Å². The van der Waals surface area contributed by atoms with Gasteiger partial charge in [-0.15, -0.1) is 6.58 Å². The van der Waals surface area contributed by atoms with Crippen molar-refractivity contribution in [2.75, 3.05) is 11.4 Å². The molecule has 0 radical (unpaired) electrons. The third kappa shape index (κ3) is 4.46. The molecule has 2 heterocycles. The summed E-state index contributed by atoms with van der Waals surface area (Å²) in [4.78, 5) is 27.2. The molecule has 34 heavy (non-hydrogen) atoms. The van der Waals surface area contributed by atoms with Crippen LogP contribution in [0.15, 0.2) is 110 Å². The van der Waals surface area contributed by atoms with Crippen LogP contribution in [0.2, 0.25) is 0 Å². The van der Waals surface area contributed by atoms with Gasteiger partial charge in [-0.25, -0.2) is 9.97 Å². The van der Waals surface area contributed by atoms with Gasteiger partial charge in [0.2, 0.25) is 0 Å². The van der Waals surface area contributed by atoms with Gasteiger partial charge in [-0.1, -0.05) is 84.9 Å². The van der Waals surface area contributed by atoms with Crippen molar-refractivity contribution in [1.82, 2.24) is 14.9 Å². The minimum atomic E-state index is -0.143. The largest absolute Gasteiger partial charge is 0.332 e. The molecule has 1 aromatic heterocycles. The molecule has 0 fully saturated rings. The average molecular weight is 447 g/mol. The molecule has 3 aromatic carbocycles. The third-order valence-corrected chi connectivity index (χ3v) is 6.03. The maximum Gasteiger partial charge on any atom is 0.259 e. The summed E-state index contributed by atoms with van der Waals surface area (Å²) in [5.74, 6) is 1.23. The quantitative estimate of drug-likeness (QED) is 0.371. The lowest BCUT2D eigenvalue weighted by Gasteiger charge is -2.31. The number of fused-ring (bicyclic) bond motifs is 1. The molecule has 5 nitrogen and oxygen atoms in total. The van der Waals surface area contributed by atoms with Crippen molar-refractivity contribution in [3.8, 4) is 0 Å². The lowest BCUT2D eigenvalue weighted by Crippen LogP contribution is -2.39. The Hall–Kier alpha value is -4.25. The van der Waals surface area contributed by atoms with E-state index in [1.807, 2.05) is 89.8 Å². The van der Waals surface area contributed by atoms with Gasteiger partial charge in [0.25, 0.3) is 5.91 Å². The Morgan fingerprint density at radius 2 is 1.50 bits per heavy atom. The van der Waals surface area contributed by atoms with E-state index in [0.717, 1.165) is 16.8 Å². The van der Waals surface area contributed by atoms with E-state index in [9.17, 15) is 4.79 Å². The van der Waals surface area contributed by atoms with E-state index in [4.69, 9.17) is 4.98 Å². The molecule has 0 N–H and O–H groups in total. The molecular formula is C29H26N4O. The van der Waals surface area contributed by atoms with E-state index in [1.165, 1.54) is 0 Å². The number of para-hydroxylation sites is 1. The van der Waals surface area contributed by atoms with Gasteiger partial charge in [-0.05, 0) is 23.3 Å². The van der Waals surface area contributed by atoms with E-state index >= 15 is 0 Å². The Bertz CT molecular complexity index is 1280. The SMILES string of the molecule is C=C[C@@H]1CN(Cc2ccccc2)C(=O)c2cnc(Cc3ccccc3)nc2N1c1ccccc1. The van der Waals surface area contributed by atoms with E-state index in [0.29, 0.717) is 36.7 Å². The second-order valence-corrected chi connectivity index (χ2v) is 8.37. The van der Waals surface area contributed by atoms with Gasteiger partial charge in [-0.3, -0.25) is 4.79 Å². The first-order valence-corrected chi connectivity index (χ1v) is 11.4. The Morgan fingerprint density at radius 3 is 2.15 bits per heavy atom. The van der Waals surface area contributed by atoms with E-state index in [-0.39, 0.29) is 11.9 Å². The summed E-state index contributed by atoms with van der Waals surface area (Å²) in [6, 6.07) is 30.1. The monoisotopic (exact) mass is 446 g/mol. The highest BCUT2D eigenvalue weighted by Gasteiger charge is 2.34. The molecule has 1 atom stereocenters. The second kappa shape index (κ2) is 9.71. The molecule has 168 valence electrons. The summed E-state index contributed by atoms with van der Waals surface area (Å²) in [6.45, 7) is 5.12. The summed E-state index contributed by atoms with van der Waals surface area (Å²) in [7, 11) is 0. The first-order chi connectivity index (χ1) is 16.7. The van der Waals surface area contributed by atoms with Crippen LogP contribution >= 0.6 is 0 Å². The molecule has 1 amide bonds. The van der Waals surface area contributed by atoms with Gasteiger partial charge in [0.15, 0.2) is 0 Å². The van der Waals surface area contributed by atoms with Crippen molar-refractivity contribution in [1.29, 1.82) is 0 Å². The van der Waals surface area contributed by atoms with Crippen molar-refractivity contribution in [3.63, 3.8) is 0 Å². The zero-order valence-electron chi connectivity index (χ0n) is 18.9. The fourth-order valence-electron chi connectivity index (χ4n) is 4.35. The first kappa shape index (κ1) is 21.6. The van der Waals surface area contributed by atoms with Crippen molar-refractivity contribution >= 4 is 17.4 Å². The number of amides is 1. The van der Waals surface area contributed by atoms with Gasteiger partial charge in [0, 0.05) is 31.4 Å². The molecule has 1 aliphatic heterocycles. The van der Waals surface area contributed by atoms with Crippen LogP contribution in [-0.2, 0) is 13.0 Å². The van der Waals surface area contributed by atoms with Crippen LogP contribution in [-0.4, -0.2) is 33.4 Å². The summed E-state index contributed by atoms with van der Waals surface area (Å²) < 4.78 is 0. The van der Waals surface area contributed by atoms with Crippen LogP contribution in [0.3, 0.4) is 0 Å². The number of carbonyl (C=O) groups excluding carboxylic acids is 1. The number of hydrogen-bond acceptors (Lipinski definition) is 4. The molecule has 5 rings (SSSR count). The molecule has 0 aliphatic carbocycles. The predicted molar refractivity (Wildman–Crippen MR) is 135 cm³/mol. The number of aromatic nitrogens is 2. The van der Waals surface area contributed by atoms with Crippen LogP contribution in [0.25, 0.3) is 0 Å². The van der Waals surface area contributed by atoms with E-state index in [2.05, 4.69) is 28.6 Å². The second-order valence-electron chi connectivity index (χ2n) is 8.37. The van der Waals surface area contributed by atoms with Crippen LogP contribution in [0.5, 0.6) is 0 Å². The maximum absolute atomic E-state index is 13.7.